The minimum atomic E-state index is 0.0421. The normalized spacial score (nSPS) is 22.8. The number of ether oxygens (including phenoxy) is 1. The molecule has 2 heterocycles. The molecule has 0 aromatic heterocycles. The summed E-state index contributed by atoms with van der Waals surface area (Å²) in [7, 11) is 1.69. The average Bonchev–Trinajstić information content (AvgIpc) is 3.24. The number of rotatable bonds is 5. The fourth-order valence-electron chi connectivity index (χ4n) is 4.56. The van der Waals surface area contributed by atoms with E-state index >= 15 is 0 Å². The zero-order valence-corrected chi connectivity index (χ0v) is 18.1. The highest BCUT2D eigenvalue weighted by Gasteiger charge is 2.32. The van der Waals surface area contributed by atoms with Gasteiger partial charge in [0.1, 0.15) is 5.75 Å². The Bertz CT molecular complexity index is 855. The van der Waals surface area contributed by atoms with Gasteiger partial charge < -0.3 is 10.1 Å². The van der Waals surface area contributed by atoms with E-state index in [-0.39, 0.29) is 11.9 Å². The zero-order valence-electron chi connectivity index (χ0n) is 18.1. The van der Waals surface area contributed by atoms with Crippen molar-refractivity contribution in [2.45, 2.75) is 51.4 Å². The monoisotopic (exact) mass is 408 g/mol. The molecule has 6 heteroatoms. The van der Waals surface area contributed by atoms with E-state index in [1.807, 2.05) is 38.1 Å². The van der Waals surface area contributed by atoms with Crippen molar-refractivity contribution in [3.8, 4) is 5.75 Å². The van der Waals surface area contributed by atoms with Gasteiger partial charge in [-0.1, -0.05) is 29.3 Å². The average molecular weight is 409 g/mol. The van der Waals surface area contributed by atoms with Gasteiger partial charge >= 0.3 is 0 Å². The van der Waals surface area contributed by atoms with E-state index in [0.29, 0.717) is 12.2 Å². The fraction of sp³-hybridized carbons (Fsp3) is 0.458. The first-order valence-corrected chi connectivity index (χ1v) is 10.8. The predicted octanol–water partition coefficient (Wildman–Crippen LogP) is 3.07. The standard InChI is InChI=1S/C24H32N4O2/c1-16-12-17(2)14-19(13-16)24(29)25-20-8-10-28(11-9-20)23-15-22(26-27-23)18-4-6-21(30-3)7-5-18/h4-7,12-14,20,22-23,26-27H,8-11,15H2,1-3H3,(H,25,29). The van der Waals surface area contributed by atoms with Crippen LogP contribution in [0.4, 0.5) is 0 Å². The highest BCUT2D eigenvalue weighted by molar-refractivity contribution is 5.94. The Hall–Kier alpha value is -2.41. The maximum atomic E-state index is 12.6. The number of carbonyl (C=O) groups is 1. The summed E-state index contributed by atoms with van der Waals surface area (Å²) in [6.45, 7) is 6.02. The lowest BCUT2D eigenvalue weighted by Gasteiger charge is -2.35. The van der Waals surface area contributed by atoms with E-state index in [4.69, 9.17) is 4.74 Å². The van der Waals surface area contributed by atoms with Crippen molar-refractivity contribution in [3.63, 3.8) is 0 Å². The third kappa shape index (κ3) is 4.83. The molecule has 0 bridgehead atoms. The Kier molecular flexibility index (Phi) is 6.37. The van der Waals surface area contributed by atoms with Crippen LogP contribution in [0.25, 0.3) is 0 Å². The van der Waals surface area contributed by atoms with Crippen molar-refractivity contribution in [1.29, 1.82) is 0 Å². The topological polar surface area (TPSA) is 65.6 Å². The number of carbonyl (C=O) groups excluding carboxylic acids is 1. The number of amides is 1. The van der Waals surface area contributed by atoms with E-state index in [9.17, 15) is 4.79 Å². The third-order valence-corrected chi connectivity index (χ3v) is 6.19. The van der Waals surface area contributed by atoms with Crippen LogP contribution in [0.1, 0.15) is 52.4 Å². The third-order valence-electron chi connectivity index (χ3n) is 6.19. The lowest BCUT2D eigenvalue weighted by atomic mass is 10.0. The number of hydrazine groups is 1. The van der Waals surface area contributed by atoms with Gasteiger partial charge in [-0.3, -0.25) is 9.69 Å². The van der Waals surface area contributed by atoms with Crippen LogP contribution >= 0.6 is 0 Å². The molecule has 2 aliphatic rings. The molecule has 30 heavy (non-hydrogen) atoms. The quantitative estimate of drug-likeness (QED) is 0.710. The number of hydrogen-bond acceptors (Lipinski definition) is 5. The molecule has 4 rings (SSSR count). The molecule has 2 aromatic rings. The smallest absolute Gasteiger partial charge is 0.251 e. The van der Waals surface area contributed by atoms with Crippen LogP contribution in [0.5, 0.6) is 5.75 Å². The summed E-state index contributed by atoms with van der Waals surface area (Å²) in [5.41, 5.74) is 11.2. The second-order valence-electron chi connectivity index (χ2n) is 8.53. The summed E-state index contributed by atoms with van der Waals surface area (Å²) in [6, 6.07) is 14.8. The Labute approximate surface area is 179 Å². The Balaban J connectivity index is 1.27. The van der Waals surface area contributed by atoms with Crippen LogP contribution in [-0.4, -0.2) is 43.2 Å². The van der Waals surface area contributed by atoms with Crippen molar-refractivity contribution in [3.05, 3.63) is 64.7 Å². The van der Waals surface area contributed by atoms with Crippen LogP contribution in [-0.2, 0) is 0 Å². The van der Waals surface area contributed by atoms with E-state index in [1.54, 1.807) is 7.11 Å². The number of likely N-dealkylation sites (tertiary alicyclic amines) is 1. The van der Waals surface area contributed by atoms with Gasteiger partial charge in [0.25, 0.3) is 5.91 Å². The van der Waals surface area contributed by atoms with Crippen LogP contribution < -0.4 is 20.9 Å². The van der Waals surface area contributed by atoms with Gasteiger partial charge in [0.15, 0.2) is 0 Å². The molecular formula is C24H32N4O2. The predicted molar refractivity (Wildman–Crippen MR) is 118 cm³/mol. The number of nitrogens with one attached hydrogen (secondary N) is 3. The summed E-state index contributed by atoms with van der Waals surface area (Å²) in [4.78, 5) is 15.1. The SMILES string of the molecule is COc1ccc(C2CC(N3CCC(NC(=O)c4cc(C)cc(C)c4)CC3)NN2)cc1. The number of nitrogens with zero attached hydrogens (tertiary/aromatic N) is 1. The van der Waals surface area contributed by atoms with Gasteiger partial charge in [-0.15, -0.1) is 0 Å². The van der Waals surface area contributed by atoms with Crippen LogP contribution in [0.15, 0.2) is 42.5 Å². The number of piperidine rings is 1. The van der Waals surface area contributed by atoms with Crippen molar-refractivity contribution < 1.29 is 9.53 Å². The van der Waals surface area contributed by atoms with E-state index in [0.717, 1.165) is 54.8 Å². The molecule has 2 aromatic carbocycles. The number of aryl methyl sites for hydroxylation is 2. The van der Waals surface area contributed by atoms with Crippen molar-refractivity contribution in [1.82, 2.24) is 21.1 Å². The van der Waals surface area contributed by atoms with Crippen molar-refractivity contribution in [2.24, 2.45) is 0 Å². The molecule has 1 amide bonds. The summed E-state index contributed by atoms with van der Waals surface area (Å²) in [5.74, 6) is 0.923. The van der Waals surface area contributed by atoms with Crippen LogP contribution in [0, 0.1) is 13.8 Å². The van der Waals surface area contributed by atoms with E-state index in [2.05, 4.69) is 39.3 Å². The van der Waals surface area contributed by atoms with Gasteiger partial charge in [-0.05, 0) is 62.9 Å². The first-order chi connectivity index (χ1) is 14.5. The van der Waals surface area contributed by atoms with Gasteiger partial charge in [-0.25, -0.2) is 10.9 Å². The minimum Gasteiger partial charge on any atom is -0.497 e. The van der Waals surface area contributed by atoms with Crippen LogP contribution in [0.2, 0.25) is 0 Å². The highest BCUT2D eigenvalue weighted by atomic mass is 16.5. The van der Waals surface area contributed by atoms with Gasteiger partial charge in [0, 0.05) is 30.7 Å². The Morgan fingerprint density at radius 3 is 2.33 bits per heavy atom. The van der Waals surface area contributed by atoms with Gasteiger partial charge in [0.05, 0.1) is 13.3 Å². The molecule has 2 saturated heterocycles. The zero-order chi connectivity index (χ0) is 21.1. The highest BCUT2D eigenvalue weighted by Crippen LogP contribution is 2.27. The largest absolute Gasteiger partial charge is 0.497 e. The van der Waals surface area contributed by atoms with Gasteiger partial charge in [-0.2, -0.15) is 0 Å². The molecule has 0 aliphatic carbocycles. The Morgan fingerprint density at radius 1 is 1.03 bits per heavy atom. The fourth-order valence-corrected chi connectivity index (χ4v) is 4.56. The lowest BCUT2D eigenvalue weighted by molar-refractivity contribution is 0.0879. The molecule has 0 radical (unpaired) electrons. The maximum absolute atomic E-state index is 12.6. The first-order valence-electron chi connectivity index (χ1n) is 10.8. The Morgan fingerprint density at radius 2 is 1.70 bits per heavy atom. The summed E-state index contributed by atoms with van der Waals surface area (Å²) >= 11 is 0. The first kappa shape index (κ1) is 20.8. The summed E-state index contributed by atoms with van der Waals surface area (Å²) in [5, 5.41) is 3.23. The summed E-state index contributed by atoms with van der Waals surface area (Å²) < 4.78 is 5.25. The molecular weight excluding hydrogens is 376 g/mol. The second kappa shape index (κ2) is 9.16. The molecule has 2 fully saturated rings. The molecule has 0 saturated carbocycles. The molecule has 3 N–H and O–H groups in total. The van der Waals surface area contributed by atoms with Gasteiger partial charge in [0.2, 0.25) is 0 Å². The molecule has 6 nitrogen and oxygen atoms in total. The lowest BCUT2D eigenvalue weighted by Crippen LogP contribution is -2.51. The summed E-state index contributed by atoms with van der Waals surface area (Å²) in [6.07, 6.45) is 3.28. The second-order valence-corrected chi connectivity index (χ2v) is 8.53. The molecule has 2 aliphatic heterocycles. The van der Waals surface area contributed by atoms with Crippen LogP contribution in [0.3, 0.4) is 0 Å². The minimum absolute atomic E-state index is 0.0421. The maximum Gasteiger partial charge on any atom is 0.251 e. The number of hydrogen-bond donors (Lipinski definition) is 3. The molecule has 2 unspecified atom stereocenters. The molecule has 160 valence electrons. The number of methoxy groups -OCH3 is 1. The molecule has 0 spiro atoms. The van der Waals surface area contributed by atoms with E-state index in [1.165, 1.54) is 5.56 Å². The number of benzene rings is 2. The van der Waals surface area contributed by atoms with Crippen molar-refractivity contribution >= 4 is 5.91 Å². The molecule has 2 atom stereocenters. The van der Waals surface area contributed by atoms with E-state index < -0.39 is 0 Å². The van der Waals surface area contributed by atoms with Crippen molar-refractivity contribution in [2.75, 3.05) is 20.2 Å².